The van der Waals surface area contributed by atoms with Crippen molar-refractivity contribution >= 4 is 17.3 Å². The fourth-order valence-corrected chi connectivity index (χ4v) is 4.81. The summed E-state index contributed by atoms with van der Waals surface area (Å²) in [5.41, 5.74) is 4.77. The zero-order chi connectivity index (χ0) is 19.6. The maximum atomic E-state index is 14.1. The van der Waals surface area contributed by atoms with Gasteiger partial charge in [-0.05, 0) is 29.5 Å². The third kappa shape index (κ3) is 2.40. The lowest BCUT2D eigenvalue weighted by Crippen LogP contribution is -2.37. The van der Waals surface area contributed by atoms with E-state index >= 15 is 0 Å². The first-order valence-electron chi connectivity index (χ1n) is 9.53. The molecule has 5 rings (SSSR count). The zero-order valence-corrected chi connectivity index (χ0v) is 15.8. The average molecular weight is 373 g/mol. The van der Waals surface area contributed by atoms with Crippen LogP contribution in [0.4, 0.5) is 4.39 Å². The molecule has 0 bridgehead atoms. The Morgan fingerprint density at radius 3 is 2.46 bits per heavy atom. The van der Waals surface area contributed by atoms with Crippen molar-refractivity contribution in [2.45, 2.75) is 32.6 Å². The number of fused-ring (bicyclic) bond motifs is 2. The Labute approximate surface area is 163 Å². The molecule has 0 saturated carbocycles. The topological polar surface area (TPSA) is 46.2 Å². The van der Waals surface area contributed by atoms with Gasteiger partial charge in [0.15, 0.2) is 11.6 Å². The molecule has 0 saturated heterocycles. The van der Waals surface area contributed by atoms with Crippen LogP contribution in [0.2, 0.25) is 0 Å². The highest BCUT2D eigenvalue weighted by atomic mass is 19.1. The van der Waals surface area contributed by atoms with Gasteiger partial charge in [0.2, 0.25) is 0 Å². The Bertz CT molecular complexity index is 1120. The van der Waals surface area contributed by atoms with Gasteiger partial charge in [-0.25, -0.2) is 4.39 Å². The minimum Gasteiger partial charge on any atom is -0.358 e. The molecule has 0 fully saturated rings. The lowest BCUT2D eigenvalue weighted by Gasteiger charge is -2.39. The summed E-state index contributed by atoms with van der Waals surface area (Å²) in [6.45, 7) is 4.15. The summed E-state index contributed by atoms with van der Waals surface area (Å²) < 4.78 is 14.1. The molecule has 1 aliphatic heterocycles. The molecule has 0 aromatic heterocycles. The lowest BCUT2D eigenvalue weighted by molar-refractivity contribution is -0.118. The van der Waals surface area contributed by atoms with Gasteiger partial charge >= 0.3 is 0 Å². The third-order valence-corrected chi connectivity index (χ3v) is 5.91. The fourth-order valence-electron chi connectivity index (χ4n) is 4.81. The van der Waals surface area contributed by atoms with E-state index in [0.717, 1.165) is 17.0 Å². The maximum Gasteiger partial charge on any atom is 0.192 e. The van der Waals surface area contributed by atoms with Crippen LogP contribution < -0.4 is 5.32 Å². The number of hydrogen-bond donors (Lipinski definition) is 1. The molecule has 2 aromatic carbocycles. The van der Waals surface area contributed by atoms with Crippen LogP contribution in [0, 0.1) is 11.2 Å². The van der Waals surface area contributed by atoms with Crippen LogP contribution in [0.25, 0.3) is 5.70 Å². The highest BCUT2D eigenvalue weighted by Gasteiger charge is 2.46. The van der Waals surface area contributed by atoms with Gasteiger partial charge in [-0.3, -0.25) is 9.59 Å². The van der Waals surface area contributed by atoms with Gasteiger partial charge in [-0.2, -0.15) is 0 Å². The number of hydrogen-bond acceptors (Lipinski definition) is 3. The number of carbonyl (C=O) groups is 2. The number of carbonyl (C=O) groups excluding carboxylic acids is 2. The van der Waals surface area contributed by atoms with Crippen molar-refractivity contribution in [3.05, 3.63) is 87.9 Å². The summed E-state index contributed by atoms with van der Waals surface area (Å²) in [6.07, 6.45) is 1.14. The number of allylic oxidation sites excluding steroid dienone is 3. The molecule has 28 heavy (non-hydrogen) atoms. The van der Waals surface area contributed by atoms with Gasteiger partial charge in [0, 0.05) is 40.3 Å². The number of nitrogens with one attached hydrogen (secondary N) is 1. The maximum absolute atomic E-state index is 14.1. The predicted molar refractivity (Wildman–Crippen MR) is 105 cm³/mol. The summed E-state index contributed by atoms with van der Waals surface area (Å²) in [5, 5.41) is 3.43. The Hall–Kier alpha value is -3.01. The molecule has 2 aliphatic carbocycles. The van der Waals surface area contributed by atoms with E-state index < -0.39 is 5.92 Å². The zero-order valence-electron chi connectivity index (χ0n) is 15.8. The van der Waals surface area contributed by atoms with Gasteiger partial charge in [0.05, 0.1) is 5.70 Å². The standard InChI is InChI=1S/C24H20FNO2/c1-24(2)11-17-20(18(27)12-24)19(13-6-5-7-14(25)10-13)21-22(26-17)15-8-3-4-9-16(15)23(21)28/h3-10,19,26H,11-12H2,1-2H3/t19-/m0/s1. The van der Waals surface area contributed by atoms with Crippen LogP contribution >= 0.6 is 0 Å². The predicted octanol–water partition coefficient (Wildman–Crippen LogP) is 4.76. The third-order valence-electron chi connectivity index (χ3n) is 5.91. The first kappa shape index (κ1) is 17.1. The number of dihydropyridines is 1. The van der Waals surface area contributed by atoms with Gasteiger partial charge in [-0.15, -0.1) is 0 Å². The summed E-state index contributed by atoms with van der Waals surface area (Å²) in [5.74, 6) is -0.961. The van der Waals surface area contributed by atoms with E-state index in [2.05, 4.69) is 19.2 Å². The molecule has 2 aromatic rings. The van der Waals surface area contributed by atoms with Crippen molar-refractivity contribution in [1.82, 2.24) is 5.32 Å². The molecule has 3 aliphatic rings. The molecule has 140 valence electrons. The number of benzene rings is 2. The number of halogens is 1. The van der Waals surface area contributed by atoms with Crippen LogP contribution in [0.1, 0.15) is 54.1 Å². The SMILES string of the molecule is CC1(C)CC(=O)C2=C(C1)NC1=C(C(=O)c3ccccc31)[C@H]2c1cccc(F)c1. The molecule has 0 amide bonds. The molecule has 0 radical (unpaired) electrons. The van der Waals surface area contributed by atoms with Crippen LogP contribution in [-0.4, -0.2) is 11.6 Å². The minimum absolute atomic E-state index is 0.0308. The van der Waals surface area contributed by atoms with E-state index in [1.165, 1.54) is 12.1 Å². The van der Waals surface area contributed by atoms with Gasteiger partial charge < -0.3 is 5.32 Å². The van der Waals surface area contributed by atoms with Crippen molar-refractivity contribution in [3.63, 3.8) is 0 Å². The molecule has 4 heteroatoms. The highest BCUT2D eigenvalue weighted by molar-refractivity contribution is 6.23. The van der Waals surface area contributed by atoms with E-state index in [9.17, 15) is 14.0 Å². The lowest BCUT2D eigenvalue weighted by atomic mass is 9.68. The molecule has 0 unspecified atom stereocenters. The first-order valence-corrected chi connectivity index (χ1v) is 9.53. The molecule has 1 heterocycles. The normalized spacial score (nSPS) is 22.6. The van der Waals surface area contributed by atoms with Gasteiger partial charge in [0.1, 0.15) is 5.82 Å². The smallest absolute Gasteiger partial charge is 0.192 e. The van der Waals surface area contributed by atoms with Crippen LogP contribution in [0.15, 0.2) is 65.4 Å². The van der Waals surface area contributed by atoms with Crippen molar-refractivity contribution < 1.29 is 14.0 Å². The molecular weight excluding hydrogens is 353 g/mol. The van der Waals surface area contributed by atoms with E-state index in [-0.39, 0.29) is 22.8 Å². The molecule has 1 atom stereocenters. The monoisotopic (exact) mass is 373 g/mol. The second kappa shape index (κ2) is 5.74. The molecule has 3 nitrogen and oxygen atoms in total. The fraction of sp³-hybridized carbons (Fsp3) is 0.250. The Balaban J connectivity index is 1.76. The van der Waals surface area contributed by atoms with E-state index in [1.54, 1.807) is 12.1 Å². The van der Waals surface area contributed by atoms with Crippen LogP contribution in [0.3, 0.4) is 0 Å². The van der Waals surface area contributed by atoms with Gasteiger partial charge in [0.25, 0.3) is 0 Å². The summed E-state index contributed by atoms with van der Waals surface area (Å²) in [7, 11) is 0. The van der Waals surface area contributed by atoms with E-state index in [4.69, 9.17) is 0 Å². The highest BCUT2D eigenvalue weighted by Crippen LogP contribution is 2.51. The quantitative estimate of drug-likeness (QED) is 0.784. The second-order valence-corrected chi connectivity index (χ2v) is 8.61. The Kier molecular flexibility index (Phi) is 3.51. The van der Waals surface area contributed by atoms with Crippen LogP contribution in [0.5, 0.6) is 0 Å². The largest absolute Gasteiger partial charge is 0.358 e. The first-order chi connectivity index (χ1) is 13.4. The summed E-state index contributed by atoms with van der Waals surface area (Å²) in [6, 6.07) is 13.7. The van der Waals surface area contributed by atoms with Gasteiger partial charge in [-0.1, -0.05) is 50.2 Å². The number of ketones is 2. The Morgan fingerprint density at radius 1 is 0.964 bits per heavy atom. The van der Waals surface area contributed by atoms with Crippen molar-refractivity contribution in [2.24, 2.45) is 5.41 Å². The van der Waals surface area contributed by atoms with Crippen molar-refractivity contribution in [2.75, 3.05) is 0 Å². The number of Topliss-reactive ketones (excluding diaryl/α,β-unsaturated/α-hetero) is 2. The van der Waals surface area contributed by atoms with Crippen molar-refractivity contribution in [1.29, 1.82) is 0 Å². The molecular formula is C24H20FNO2. The summed E-state index contributed by atoms with van der Waals surface area (Å²) in [4.78, 5) is 26.4. The molecule has 1 N–H and O–H groups in total. The second-order valence-electron chi connectivity index (χ2n) is 8.61. The van der Waals surface area contributed by atoms with E-state index in [0.29, 0.717) is 35.1 Å². The minimum atomic E-state index is -0.537. The van der Waals surface area contributed by atoms with E-state index in [1.807, 2.05) is 24.3 Å². The average Bonchev–Trinajstić information content (AvgIpc) is 2.92. The Morgan fingerprint density at radius 2 is 1.71 bits per heavy atom. The van der Waals surface area contributed by atoms with Crippen LogP contribution in [-0.2, 0) is 4.79 Å². The number of rotatable bonds is 1. The van der Waals surface area contributed by atoms with Crippen molar-refractivity contribution in [3.8, 4) is 0 Å². The summed E-state index contributed by atoms with van der Waals surface area (Å²) >= 11 is 0. The molecule has 0 spiro atoms.